The molecule has 5 heteroatoms. The normalized spacial score (nSPS) is 40.7. The maximum atomic E-state index is 11.0. The summed E-state index contributed by atoms with van der Waals surface area (Å²) in [6.07, 6.45) is 0.724. The lowest BCUT2D eigenvalue weighted by Gasteiger charge is -2.29. The Morgan fingerprint density at radius 2 is 2.06 bits per heavy atom. The molecule has 0 heterocycles. The Kier molecular flexibility index (Phi) is 2.71. The average molecular weight is 226 g/mol. The first-order chi connectivity index (χ1) is 7.54. The molecule has 2 N–H and O–H groups in total. The smallest absolute Gasteiger partial charge is 0.330 e. The van der Waals surface area contributed by atoms with Crippen LogP contribution < -0.4 is 0 Å². The number of carboxylic acid groups (broad SMARTS) is 1. The zero-order chi connectivity index (χ0) is 11.9. The van der Waals surface area contributed by atoms with E-state index in [0.29, 0.717) is 12.8 Å². The molecule has 2 rings (SSSR count). The molecule has 0 amide bonds. The first-order valence-electron chi connectivity index (χ1n) is 5.28. The van der Waals surface area contributed by atoms with Crippen molar-refractivity contribution in [1.82, 2.24) is 0 Å². The molecule has 0 saturated heterocycles. The highest BCUT2D eigenvalue weighted by atomic mass is 16.6. The molecule has 0 radical (unpaired) electrons. The number of aliphatic hydroxyl groups excluding tert-OH is 1. The minimum absolute atomic E-state index is 0.0370. The number of esters is 1. The van der Waals surface area contributed by atoms with Crippen LogP contribution in [-0.4, -0.2) is 34.4 Å². The summed E-state index contributed by atoms with van der Waals surface area (Å²) in [6.45, 7) is 3.28. The number of rotatable bonds is 3. The lowest BCUT2D eigenvalue weighted by atomic mass is 9.85. The first-order valence-corrected chi connectivity index (χ1v) is 5.28. The van der Waals surface area contributed by atoms with Crippen molar-refractivity contribution in [2.45, 2.75) is 25.0 Å². The summed E-state index contributed by atoms with van der Waals surface area (Å²) in [5, 5.41) is 18.8. The standard InChI is InChI=1S/C11H14O5/c1-2-8(12)16-10-5-3-6(9(10)13)7(4-5)11(14)15/h2,5-7,9-10,13H,1,3-4H2,(H,14,15). The van der Waals surface area contributed by atoms with Crippen molar-refractivity contribution in [3.63, 3.8) is 0 Å². The van der Waals surface area contributed by atoms with E-state index in [-0.39, 0.29) is 11.8 Å². The largest absolute Gasteiger partial charge is 0.481 e. The van der Waals surface area contributed by atoms with Crippen LogP contribution in [0.3, 0.4) is 0 Å². The van der Waals surface area contributed by atoms with E-state index < -0.39 is 30.1 Å². The predicted molar refractivity (Wildman–Crippen MR) is 53.4 cm³/mol. The van der Waals surface area contributed by atoms with Gasteiger partial charge in [0.05, 0.1) is 12.0 Å². The molecule has 2 bridgehead atoms. The number of aliphatic hydroxyl groups is 1. The minimum Gasteiger partial charge on any atom is -0.481 e. The third kappa shape index (κ3) is 1.61. The fourth-order valence-electron chi connectivity index (χ4n) is 2.91. The molecule has 2 fully saturated rings. The Balaban J connectivity index is 2.05. The zero-order valence-electron chi connectivity index (χ0n) is 8.70. The van der Waals surface area contributed by atoms with Crippen molar-refractivity contribution in [3.8, 4) is 0 Å². The monoisotopic (exact) mass is 226 g/mol. The average Bonchev–Trinajstić information content (AvgIpc) is 2.78. The minimum atomic E-state index is -0.875. The number of ether oxygens (including phenoxy) is 1. The van der Waals surface area contributed by atoms with Gasteiger partial charge in [-0.25, -0.2) is 4.79 Å². The lowest BCUT2D eigenvalue weighted by Crippen LogP contribution is -2.41. The highest BCUT2D eigenvalue weighted by Gasteiger charge is 2.56. The van der Waals surface area contributed by atoms with E-state index in [2.05, 4.69) is 6.58 Å². The molecule has 0 aliphatic heterocycles. The van der Waals surface area contributed by atoms with Gasteiger partial charge in [-0.1, -0.05) is 6.58 Å². The molecule has 16 heavy (non-hydrogen) atoms. The molecule has 5 unspecified atom stereocenters. The van der Waals surface area contributed by atoms with Crippen molar-refractivity contribution in [2.75, 3.05) is 0 Å². The van der Waals surface area contributed by atoms with Gasteiger partial charge in [0.25, 0.3) is 0 Å². The predicted octanol–water partition coefficient (Wildman–Crippen LogP) is 0.186. The molecule has 2 aliphatic rings. The fraction of sp³-hybridized carbons (Fsp3) is 0.636. The number of carbonyl (C=O) groups excluding carboxylic acids is 1. The van der Waals surface area contributed by atoms with Crippen LogP contribution in [0.4, 0.5) is 0 Å². The van der Waals surface area contributed by atoms with E-state index in [0.717, 1.165) is 6.08 Å². The number of aliphatic carboxylic acids is 1. The molecule has 0 spiro atoms. The second-order valence-electron chi connectivity index (χ2n) is 4.44. The van der Waals surface area contributed by atoms with Crippen molar-refractivity contribution in [3.05, 3.63) is 12.7 Å². The Labute approximate surface area is 92.7 Å². The van der Waals surface area contributed by atoms with E-state index in [9.17, 15) is 14.7 Å². The Morgan fingerprint density at radius 3 is 2.56 bits per heavy atom. The Morgan fingerprint density at radius 1 is 1.38 bits per heavy atom. The third-order valence-corrected chi connectivity index (χ3v) is 3.62. The van der Waals surface area contributed by atoms with Crippen molar-refractivity contribution < 1.29 is 24.5 Å². The lowest BCUT2D eigenvalue weighted by molar-refractivity contribution is -0.158. The van der Waals surface area contributed by atoms with E-state index in [1.165, 1.54) is 0 Å². The van der Waals surface area contributed by atoms with E-state index in [1.807, 2.05) is 0 Å². The number of hydrogen-bond donors (Lipinski definition) is 2. The second-order valence-corrected chi connectivity index (χ2v) is 4.44. The van der Waals surface area contributed by atoms with Crippen LogP contribution >= 0.6 is 0 Å². The van der Waals surface area contributed by atoms with Crippen molar-refractivity contribution in [2.24, 2.45) is 17.8 Å². The van der Waals surface area contributed by atoms with Crippen molar-refractivity contribution in [1.29, 1.82) is 0 Å². The van der Waals surface area contributed by atoms with Crippen LogP contribution in [0.15, 0.2) is 12.7 Å². The summed E-state index contributed by atoms with van der Waals surface area (Å²) < 4.78 is 5.03. The molecule has 0 aromatic carbocycles. The second kappa shape index (κ2) is 3.90. The van der Waals surface area contributed by atoms with Gasteiger partial charge in [-0.05, 0) is 18.8 Å². The van der Waals surface area contributed by atoms with Gasteiger partial charge in [0.2, 0.25) is 0 Å². The SMILES string of the molecule is C=CC(=O)OC1C2CC(C(=O)O)C(C2)C1O. The van der Waals surface area contributed by atoms with E-state index >= 15 is 0 Å². The summed E-state index contributed by atoms with van der Waals surface area (Å²) in [5.41, 5.74) is 0. The maximum Gasteiger partial charge on any atom is 0.330 e. The summed E-state index contributed by atoms with van der Waals surface area (Å²) in [7, 11) is 0. The molecule has 2 aliphatic carbocycles. The van der Waals surface area contributed by atoms with Gasteiger partial charge in [-0.3, -0.25) is 4.79 Å². The van der Waals surface area contributed by atoms with Gasteiger partial charge >= 0.3 is 11.9 Å². The highest BCUT2D eigenvalue weighted by molar-refractivity contribution is 5.81. The fourth-order valence-corrected chi connectivity index (χ4v) is 2.91. The van der Waals surface area contributed by atoms with Crippen LogP contribution in [0.5, 0.6) is 0 Å². The van der Waals surface area contributed by atoms with E-state index in [1.54, 1.807) is 0 Å². The highest BCUT2D eigenvalue weighted by Crippen LogP contribution is 2.49. The molecular weight excluding hydrogens is 212 g/mol. The molecule has 5 nitrogen and oxygen atoms in total. The summed E-state index contributed by atoms with van der Waals surface area (Å²) in [6, 6.07) is 0. The van der Waals surface area contributed by atoms with Gasteiger partial charge < -0.3 is 14.9 Å². The molecule has 0 aromatic rings. The summed E-state index contributed by atoms with van der Waals surface area (Å²) >= 11 is 0. The number of fused-ring (bicyclic) bond motifs is 2. The van der Waals surface area contributed by atoms with Crippen LogP contribution in [-0.2, 0) is 14.3 Å². The molecule has 0 aromatic heterocycles. The molecular formula is C11H14O5. The van der Waals surface area contributed by atoms with Gasteiger partial charge in [0.15, 0.2) is 0 Å². The van der Waals surface area contributed by atoms with Gasteiger partial charge in [-0.15, -0.1) is 0 Å². The van der Waals surface area contributed by atoms with Crippen LogP contribution in [0, 0.1) is 17.8 Å². The molecule has 2 saturated carbocycles. The van der Waals surface area contributed by atoms with Gasteiger partial charge in [0.1, 0.15) is 6.10 Å². The summed E-state index contributed by atoms with van der Waals surface area (Å²) in [5.74, 6) is -2.27. The quantitative estimate of drug-likeness (QED) is 0.530. The molecule has 88 valence electrons. The van der Waals surface area contributed by atoms with Crippen molar-refractivity contribution >= 4 is 11.9 Å². The van der Waals surface area contributed by atoms with Crippen LogP contribution in [0.2, 0.25) is 0 Å². The first kappa shape index (κ1) is 11.1. The Bertz CT molecular complexity index is 335. The number of carboxylic acids is 1. The third-order valence-electron chi connectivity index (χ3n) is 3.62. The van der Waals surface area contributed by atoms with E-state index in [4.69, 9.17) is 9.84 Å². The maximum absolute atomic E-state index is 11.0. The topological polar surface area (TPSA) is 83.8 Å². The van der Waals surface area contributed by atoms with Gasteiger partial charge in [-0.2, -0.15) is 0 Å². The summed E-state index contributed by atoms with van der Waals surface area (Å²) in [4.78, 5) is 21.9. The van der Waals surface area contributed by atoms with Gasteiger partial charge in [0, 0.05) is 12.0 Å². The molecule has 5 atom stereocenters. The van der Waals surface area contributed by atoms with Crippen LogP contribution in [0.1, 0.15) is 12.8 Å². The number of hydrogen-bond acceptors (Lipinski definition) is 4. The van der Waals surface area contributed by atoms with Crippen LogP contribution in [0.25, 0.3) is 0 Å². The Hall–Kier alpha value is -1.36. The number of carbonyl (C=O) groups is 2. The zero-order valence-corrected chi connectivity index (χ0v) is 8.70.